The van der Waals surface area contributed by atoms with Gasteiger partial charge in [-0.15, -0.1) is 16.4 Å². The molecule has 0 aliphatic rings. The Morgan fingerprint density at radius 3 is 1.60 bits per heavy atom. The van der Waals surface area contributed by atoms with Crippen LogP contribution in [0.5, 0.6) is 0 Å². The van der Waals surface area contributed by atoms with Gasteiger partial charge in [0.1, 0.15) is 50.4 Å². The summed E-state index contributed by atoms with van der Waals surface area (Å²) < 4.78 is 8.62. The zero-order chi connectivity index (χ0) is 37.4. The average molecular weight is 690 g/mol. The fraction of sp³-hybridized carbons (Fsp3) is 0. The topological polar surface area (TPSA) is 56.7 Å². The summed E-state index contributed by atoms with van der Waals surface area (Å²) in [6.07, 6.45) is 0. The Morgan fingerprint density at radius 1 is 0.418 bits per heavy atom. The van der Waals surface area contributed by atoms with Crippen LogP contribution in [0.3, 0.4) is 0 Å². The van der Waals surface area contributed by atoms with Gasteiger partial charge in [-0.05, 0) is 59.7 Å². The molecule has 7 aromatic carbocycles. The molecule has 55 heavy (non-hydrogen) atoms. The highest BCUT2D eigenvalue weighted by atomic mass is 16.3. The smallest absolute Gasteiger partial charge is 0.164 e. The molecule has 0 saturated carbocycles. The van der Waals surface area contributed by atoms with Crippen molar-refractivity contribution in [3.63, 3.8) is 0 Å². The van der Waals surface area contributed by atoms with Gasteiger partial charge in [0, 0.05) is 43.9 Å². The van der Waals surface area contributed by atoms with Crippen molar-refractivity contribution >= 4 is 110 Å². The van der Waals surface area contributed by atoms with E-state index in [9.17, 15) is 0 Å². The lowest BCUT2D eigenvalue weighted by molar-refractivity contribution is 0.669. The van der Waals surface area contributed by atoms with E-state index in [0.717, 1.165) is 71.7 Å². The molecule has 10 rings (SSSR count). The zero-order valence-corrected chi connectivity index (χ0v) is 29.4. The summed E-state index contributed by atoms with van der Waals surface area (Å²) in [6, 6.07) is 46.5. The van der Waals surface area contributed by atoms with E-state index in [-0.39, 0.29) is 16.4 Å². The molecule has 10 heteroatoms. The number of aromatic nitrogens is 4. The van der Waals surface area contributed by atoms with Crippen LogP contribution in [0.15, 0.2) is 144 Å². The molecular weight excluding hydrogens is 667 g/mol. The van der Waals surface area contributed by atoms with Crippen molar-refractivity contribution in [3.8, 4) is 51.0 Å². The highest BCUT2D eigenvalue weighted by Crippen LogP contribution is 2.39. The number of hydrogen-bond acceptors (Lipinski definition) is 4. The molecule has 0 saturated heterocycles. The molecule has 3 heterocycles. The maximum atomic E-state index is 6.60. The number of rotatable bonds is 5. The number of benzene rings is 7. The van der Waals surface area contributed by atoms with E-state index in [2.05, 4.69) is 41.0 Å². The van der Waals surface area contributed by atoms with E-state index in [1.807, 2.05) is 103 Å². The molecule has 5 nitrogen and oxygen atoms in total. The maximum Gasteiger partial charge on any atom is 0.164 e. The van der Waals surface area contributed by atoms with Gasteiger partial charge in [0.2, 0.25) is 0 Å². The molecule has 244 valence electrons. The van der Waals surface area contributed by atoms with Gasteiger partial charge in [0.05, 0.1) is 11.0 Å². The minimum absolute atomic E-state index is 0.181. The highest BCUT2D eigenvalue weighted by Gasteiger charge is 2.21. The van der Waals surface area contributed by atoms with Gasteiger partial charge >= 0.3 is 0 Å². The van der Waals surface area contributed by atoms with Crippen molar-refractivity contribution in [2.24, 2.45) is 0 Å². The molecule has 0 atom stereocenters. The van der Waals surface area contributed by atoms with Crippen LogP contribution in [-0.2, 0) is 0 Å². The van der Waals surface area contributed by atoms with Crippen LogP contribution in [0.1, 0.15) is 0 Å². The molecule has 0 unspecified atom stereocenters. The predicted molar refractivity (Wildman–Crippen MR) is 230 cm³/mol. The lowest BCUT2D eigenvalue weighted by Gasteiger charge is -2.22. The van der Waals surface area contributed by atoms with Crippen molar-refractivity contribution in [1.29, 1.82) is 0 Å². The van der Waals surface area contributed by atoms with Crippen LogP contribution in [0.25, 0.3) is 94.7 Å². The van der Waals surface area contributed by atoms with E-state index in [1.165, 1.54) is 0 Å². The molecule has 0 amide bonds. The molecule has 10 radical (unpaired) electrons. The van der Waals surface area contributed by atoms with Crippen molar-refractivity contribution < 1.29 is 4.42 Å². The van der Waals surface area contributed by atoms with E-state index in [0.29, 0.717) is 34.0 Å². The lowest BCUT2D eigenvalue weighted by atomic mass is 9.59. The first-order chi connectivity index (χ1) is 26.9. The van der Waals surface area contributed by atoms with Crippen molar-refractivity contribution in [3.05, 3.63) is 140 Å². The minimum Gasteiger partial charge on any atom is -0.456 e. The summed E-state index contributed by atoms with van der Waals surface area (Å²) in [5.74, 6) is 1.77. The summed E-state index contributed by atoms with van der Waals surface area (Å²) in [5, 5.41) is 3.85. The van der Waals surface area contributed by atoms with Crippen LogP contribution in [0.4, 0.5) is 0 Å². The predicted octanol–water partition coefficient (Wildman–Crippen LogP) is 5.51. The molecule has 0 spiro atoms. The zero-order valence-electron chi connectivity index (χ0n) is 29.4. The quantitative estimate of drug-likeness (QED) is 0.224. The van der Waals surface area contributed by atoms with Crippen molar-refractivity contribution in [2.75, 3.05) is 0 Å². The number of fused-ring (bicyclic) bond motifs is 6. The molecule has 10 aromatic rings. The molecule has 3 aromatic heterocycles. The lowest BCUT2D eigenvalue weighted by Crippen LogP contribution is -2.55. The van der Waals surface area contributed by atoms with E-state index >= 15 is 0 Å². The fourth-order valence-electron chi connectivity index (χ4n) is 7.63. The molecule has 0 aliphatic carbocycles. The van der Waals surface area contributed by atoms with Gasteiger partial charge in [0.25, 0.3) is 0 Å². The minimum atomic E-state index is 0.181. The van der Waals surface area contributed by atoms with Gasteiger partial charge in [-0.2, -0.15) is 0 Å². The third kappa shape index (κ3) is 5.27. The average Bonchev–Trinajstić information content (AvgIpc) is 3.78. The van der Waals surface area contributed by atoms with E-state index in [4.69, 9.17) is 58.6 Å². The first-order valence-electron chi connectivity index (χ1n) is 17.7. The largest absolute Gasteiger partial charge is 0.456 e. The summed E-state index contributed by atoms with van der Waals surface area (Å²) >= 11 is 0. The summed E-state index contributed by atoms with van der Waals surface area (Å²) in [5.41, 5.74) is 9.63. The van der Waals surface area contributed by atoms with Crippen LogP contribution < -0.4 is 27.3 Å². The third-order valence-electron chi connectivity index (χ3n) is 10.3. The van der Waals surface area contributed by atoms with Gasteiger partial charge in [-0.25, -0.2) is 15.0 Å². The molecule has 0 fully saturated rings. The normalized spacial score (nSPS) is 11.6. The van der Waals surface area contributed by atoms with E-state index in [1.54, 1.807) is 0 Å². The highest BCUT2D eigenvalue weighted by molar-refractivity contribution is 6.69. The Kier molecular flexibility index (Phi) is 7.70. The Morgan fingerprint density at radius 2 is 0.945 bits per heavy atom. The second-order valence-electron chi connectivity index (χ2n) is 13.5. The maximum absolute atomic E-state index is 6.60. The van der Waals surface area contributed by atoms with E-state index < -0.39 is 0 Å². The summed E-state index contributed by atoms with van der Waals surface area (Å²) in [7, 11) is 32.0. The van der Waals surface area contributed by atoms with Crippen LogP contribution in [-0.4, -0.2) is 58.8 Å². The van der Waals surface area contributed by atoms with Gasteiger partial charge in [-0.3, -0.25) is 0 Å². The Bertz CT molecular complexity index is 3070. The number of nitrogens with zero attached hydrogens (tertiary/aromatic N) is 4. The first-order valence-corrected chi connectivity index (χ1v) is 17.7. The Balaban J connectivity index is 1.17. The van der Waals surface area contributed by atoms with Crippen LogP contribution >= 0.6 is 0 Å². The van der Waals surface area contributed by atoms with Crippen molar-refractivity contribution in [2.45, 2.75) is 0 Å². The van der Waals surface area contributed by atoms with Crippen LogP contribution in [0.2, 0.25) is 0 Å². The molecule has 0 bridgehead atoms. The third-order valence-corrected chi connectivity index (χ3v) is 10.3. The van der Waals surface area contributed by atoms with Crippen molar-refractivity contribution in [1.82, 2.24) is 19.5 Å². The number of para-hydroxylation sites is 1. The standard InChI is InChI=1S/C45H23B5N4O/c46-38-37(39(47)41(49)42(50)40(38)48)29-15-9-17-33-36(29)28-14-7-8-16-32(28)54(33)27-19-21-35-31(23-27)30-22-26(18-20-34(30)55-35)45-52-43(24-10-3-1-4-11-24)51-44(53-45)25-12-5-2-6-13-25/h1-23H. The number of hydrogen-bond donors (Lipinski definition) is 0. The fourth-order valence-corrected chi connectivity index (χ4v) is 7.63. The van der Waals surface area contributed by atoms with Gasteiger partial charge in [0.15, 0.2) is 17.5 Å². The second kappa shape index (κ2) is 12.8. The first kappa shape index (κ1) is 33.1. The number of furan rings is 1. The second-order valence-corrected chi connectivity index (χ2v) is 13.5. The monoisotopic (exact) mass is 690 g/mol. The van der Waals surface area contributed by atoms with Crippen LogP contribution in [0, 0.1) is 0 Å². The molecular formula is C45H23B5N4O. The summed E-state index contributed by atoms with van der Waals surface area (Å²) in [4.78, 5) is 14.8. The summed E-state index contributed by atoms with van der Waals surface area (Å²) in [6.45, 7) is 0. The Hall–Kier alpha value is -6.53. The SMILES string of the molecule is [B]c1c([B])c([B])c(-c2cccc3c2c2ccccc2n3-c2ccc3oc4ccc(-c5nc(-c6ccccc6)nc(-c6ccccc6)n5)cc4c3c2)c([B])c1[B]. The molecule has 0 N–H and O–H groups in total. The van der Waals surface area contributed by atoms with Gasteiger partial charge in [-0.1, -0.05) is 102 Å². The Labute approximate surface area is 323 Å². The molecule has 0 aliphatic heterocycles. The van der Waals surface area contributed by atoms with Gasteiger partial charge < -0.3 is 8.98 Å².